The van der Waals surface area contributed by atoms with E-state index in [0.717, 1.165) is 29.2 Å². The van der Waals surface area contributed by atoms with Crippen molar-refractivity contribution in [1.29, 1.82) is 0 Å². The summed E-state index contributed by atoms with van der Waals surface area (Å²) in [7, 11) is 1.64. The molecule has 0 fully saturated rings. The molecule has 0 saturated carbocycles. The summed E-state index contributed by atoms with van der Waals surface area (Å²) in [6, 6.07) is 17.5. The number of para-hydroxylation sites is 1. The first-order valence-corrected chi connectivity index (χ1v) is 11.3. The Balaban J connectivity index is 2.05. The van der Waals surface area contributed by atoms with Gasteiger partial charge in [0.05, 0.1) is 29.7 Å². The summed E-state index contributed by atoms with van der Waals surface area (Å²) in [6.07, 6.45) is 1.59. The second kappa shape index (κ2) is 10.7. The van der Waals surface area contributed by atoms with Gasteiger partial charge in [-0.3, -0.25) is 4.90 Å². The van der Waals surface area contributed by atoms with Crippen LogP contribution in [-0.4, -0.2) is 45.6 Å². The third-order valence-corrected chi connectivity index (χ3v) is 5.38. The fourth-order valence-electron chi connectivity index (χ4n) is 3.79. The Kier molecular flexibility index (Phi) is 7.95. The van der Waals surface area contributed by atoms with Crippen LogP contribution in [0.3, 0.4) is 0 Å². The molecule has 0 saturated heterocycles. The topological polar surface area (TPSA) is 59.8 Å². The van der Waals surface area contributed by atoms with Crippen molar-refractivity contribution in [3.05, 3.63) is 78.5 Å². The Bertz CT molecular complexity index is 1060. The van der Waals surface area contributed by atoms with Crippen molar-refractivity contribution in [3.63, 3.8) is 0 Å². The number of aromatic nitrogens is 2. The monoisotopic (exact) mass is 449 g/mol. The molecule has 176 valence electrons. The Hall–Kier alpha value is -3.09. The summed E-state index contributed by atoms with van der Waals surface area (Å²) in [5, 5.41) is 15.5. The van der Waals surface area contributed by atoms with E-state index in [0.29, 0.717) is 30.6 Å². The maximum absolute atomic E-state index is 10.7. The number of rotatable bonds is 11. The van der Waals surface area contributed by atoms with Crippen LogP contribution >= 0.6 is 0 Å². The van der Waals surface area contributed by atoms with E-state index in [2.05, 4.69) is 25.3 Å². The van der Waals surface area contributed by atoms with Crippen LogP contribution in [0, 0.1) is 12.8 Å². The average molecular weight is 450 g/mol. The van der Waals surface area contributed by atoms with Crippen LogP contribution in [0.1, 0.15) is 32.0 Å². The summed E-state index contributed by atoms with van der Waals surface area (Å²) < 4.78 is 13.6. The van der Waals surface area contributed by atoms with Gasteiger partial charge in [-0.15, -0.1) is 6.58 Å². The zero-order valence-electron chi connectivity index (χ0n) is 20.3. The lowest BCUT2D eigenvalue weighted by molar-refractivity contribution is 0.0537. The first kappa shape index (κ1) is 24.6. The Morgan fingerprint density at radius 1 is 1.15 bits per heavy atom. The van der Waals surface area contributed by atoms with Crippen molar-refractivity contribution in [1.82, 2.24) is 14.7 Å². The largest absolute Gasteiger partial charge is 0.497 e. The number of methoxy groups -OCH3 is 1. The van der Waals surface area contributed by atoms with Gasteiger partial charge >= 0.3 is 0 Å². The van der Waals surface area contributed by atoms with Gasteiger partial charge in [-0.2, -0.15) is 5.10 Å². The van der Waals surface area contributed by atoms with E-state index in [1.165, 1.54) is 0 Å². The second-order valence-corrected chi connectivity index (χ2v) is 9.02. The van der Waals surface area contributed by atoms with Crippen molar-refractivity contribution in [2.75, 3.05) is 20.2 Å². The molecule has 3 aromatic rings. The summed E-state index contributed by atoms with van der Waals surface area (Å²) in [4.78, 5) is 2.23. The first-order valence-electron chi connectivity index (χ1n) is 11.3. The Morgan fingerprint density at radius 2 is 1.85 bits per heavy atom. The van der Waals surface area contributed by atoms with Gasteiger partial charge in [-0.25, -0.2) is 4.68 Å². The number of ether oxygens (including phenoxy) is 2. The number of benzene rings is 2. The van der Waals surface area contributed by atoms with E-state index in [1.807, 2.05) is 66.2 Å². The molecule has 6 heteroatoms. The summed E-state index contributed by atoms with van der Waals surface area (Å²) in [5.74, 6) is 2.47. The minimum Gasteiger partial charge on any atom is -0.497 e. The van der Waals surface area contributed by atoms with Crippen molar-refractivity contribution < 1.29 is 14.6 Å². The number of aliphatic hydroxyl groups is 1. The molecule has 1 aromatic heterocycles. The van der Waals surface area contributed by atoms with Gasteiger partial charge in [-0.1, -0.05) is 44.2 Å². The minimum atomic E-state index is -0.994. The lowest BCUT2D eigenvalue weighted by Gasteiger charge is -2.31. The van der Waals surface area contributed by atoms with Crippen LogP contribution in [0.5, 0.6) is 17.4 Å². The predicted molar refractivity (Wildman–Crippen MR) is 132 cm³/mol. The minimum absolute atomic E-state index is 0.429. The van der Waals surface area contributed by atoms with Crippen LogP contribution < -0.4 is 9.47 Å². The number of nitrogens with zero attached hydrogens (tertiary/aromatic N) is 3. The molecule has 0 aliphatic rings. The van der Waals surface area contributed by atoms with E-state index in [1.54, 1.807) is 20.1 Å². The first-order chi connectivity index (χ1) is 15.7. The number of aryl methyl sites for hydroxylation is 1. The quantitative estimate of drug-likeness (QED) is 0.399. The molecule has 0 spiro atoms. The third-order valence-electron chi connectivity index (χ3n) is 5.38. The normalized spacial score (nSPS) is 13.2. The highest BCUT2D eigenvalue weighted by Gasteiger charge is 2.26. The third kappa shape index (κ3) is 6.46. The molecule has 0 amide bonds. The van der Waals surface area contributed by atoms with Crippen LogP contribution in [0.4, 0.5) is 0 Å². The van der Waals surface area contributed by atoms with Gasteiger partial charge in [0.25, 0.3) is 0 Å². The van der Waals surface area contributed by atoms with Gasteiger partial charge in [0.1, 0.15) is 11.5 Å². The van der Waals surface area contributed by atoms with Crippen LogP contribution in [0.15, 0.2) is 67.3 Å². The maximum atomic E-state index is 10.7. The van der Waals surface area contributed by atoms with Crippen LogP contribution in [0.25, 0.3) is 5.69 Å². The number of hydrogen-bond acceptors (Lipinski definition) is 5. The Labute approximate surface area is 197 Å². The lowest BCUT2D eigenvalue weighted by Crippen LogP contribution is -2.40. The average Bonchev–Trinajstić information content (AvgIpc) is 3.09. The van der Waals surface area contributed by atoms with Crippen LogP contribution in [0.2, 0.25) is 0 Å². The highest BCUT2D eigenvalue weighted by atomic mass is 16.5. The summed E-state index contributed by atoms with van der Waals surface area (Å²) >= 11 is 0. The second-order valence-electron chi connectivity index (χ2n) is 9.02. The summed E-state index contributed by atoms with van der Waals surface area (Å²) in [6.45, 7) is 13.8. The van der Waals surface area contributed by atoms with Crippen molar-refractivity contribution in [2.24, 2.45) is 5.92 Å². The molecule has 6 nitrogen and oxygen atoms in total. The highest BCUT2D eigenvalue weighted by Crippen LogP contribution is 2.33. The molecule has 3 rings (SSSR count). The van der Waals surface area contributed by atoms with E-state index < -0.39 is 5.60 Å². The zero-order chi connectivity index (χ0) is 24.0. The van der Waals surface area contributed by atoms with Gasteiger partial charge < -0.3 is 14.6 Å². The van der Waals surface area contributed by atoms with E-state index >= 15 is 0 Å². The molecular weight excluding hydrogens is 414 g/mol. The maximum Gasteiger partial charge on any atom is 0.227 e. The molecular formula is C27H35N3O3. The summed E-state index contributed by atoms with van der Waals surface area (Å²) in [5.41, 5.74) is 1.77. The van der Waals surface area contributed by atoms with E-state index in [4.69, 9.17) is 14.6 Å². The van der Waals surface area contributed by atoms with Gasteiger partial charge in [-0.05, 0) is 44.0 Å². The van der Waals surface area contributed by atoms with Gasteiger partial charge in [0.2, 0.25) is 5.88 Å². The molecule has 0 radical (unpaired) electrons. The molecule has 2 aromatic carbocycles. The smallest absolute Gasteiger partial charge is 0.227 e. The standard InChI is InChI=1S/C27H35N3O3/c1-7-27(5,31)19-29(17-20(2)3)18-25-21(4)28-30(22-12-9-8-10-13-22)26(25)33-24-15-11-14-23(16-24)32-6/h7-16,20,31H,1,17-19H2,2-6H3. The molecule has 0 aliphatic heterocycles. The van der Waals surface area contributed by atoms with Crippen molar-refractivity contribution in [2.45, 2.75) is 39.8 Å². The SMILES string of the molecule is C=CC(C)(O)CN(Cc1c(C)nn(-c2ccccc2)c1Oc1cccc(OC)c1)CC(C)C. The Morgan fingerprint density at radius 3 is 2.48 bits per heavy atom. The van der Waals surface area contributed by atoms with Gasteiger partial charge in [0.15, 0.2) is 0 Å². The van der Waals surface area contributed by atoms with Crippen molar-refractivity contribution in [3.8, 4) is 23.1 Å². The fraction of sp³-hybridized carbons (Fsp3) is 0.370. The molecule has 1 unspecified atom stereocenters. The fourth-order valence-corrected chi connectivity index (χ4v) is 3.79. The molecule has 0 bridgehead atoms. The molecule has 1 heterocycles. The predicted octanol–water partition coefficient (Wildman–Crippen LogP) is 5.38. The van der Waals surface area contributed by atoms with E-state index in [-0.39, 0.29) is 0 Å². The number of hydrogen-bond donors (Lipinski definition) is 1. The molecule has 0 aliphatic carbocycles. The zero-order valence-corrected chi connectivity index (χ0v) is 20.3. The highest BCUT2D eigenvalue weighted by molar-refractivity contribution is 5.44. The lowest BCUT2D eigenvalue weighted by atomic mass is 10.0. The molecule has 33 heavy (non-hydrogen) atoms. The van der Waals surface area contributed by atoms with Gasteiger partial charge in [0, 0.05) is 25.7 Å². The van der Waals surface area contributed by atoms with E-state index in [9.17, 15) is 5.11 Å². The molecule has 1 atom stereocenters. The van der Waals surface area contributed by atoms with Crippen molar-refractivity contribution >= 4 is 0 Å². The molecule has 1 N–H and O–H groups in total. The van der Waals surface area contributed by atoms with Crippen LogP contribution in [-0.2, 0) is 6.54 Å².